The number of hydrogen-bond donors (Lipinski definition) is 1. The van der Waals surface area contributed by atoms with Crippen LogP contribution in [-0.2, 0) is 6.61 Å². The first-order valence-electron chi connectivity index (χ1n) is 8.06. The lowest BCUT2D eigenvalue weighted by Gasteiger charge is -2.06. The summed E-state index contributed by atoms with van der Waals surface area (Å²) in [6.07, 6.45) is 0. The molecule has 144 valence electrons. The topological polar surface area (TPSA) is 94.6 Å². The molecule has 0 aliphatic heterocycles. The Hall–Kier alpha value is -3.03. The van der Waals surface area contributed by atoms with Crippen LogP contribution in [0.25, 0.3) is 0 Å². The maximum atomic E-state index is 12.3. The molecule has 0 saturated carbocycles. The van der Waals surface area contributed by atoms with E-state index in [0.29, 0.717) is 16.5 Å². The molecule has 7 nitrogen and oxygen atoms in total. The Balaban J connectivity index is 1.67. The van der Waals surface area contributed by atoms with E-state index in [1.54, 1.807) is 24.3 Å². The predicted molar refractivity (Wildman–Crippen MR) is 105 cm³/mol. The Morgan fingerprint density at radius 3 is 2.68 bits per heavy atom. The number of amides is 1. The van der Waals surface area contributed by atoms with Gasteiger partial charge in [0.1, 0.15) is 23.8 Å². The molecule has 1 N–H and O–H groups in total. The number of halogens is 2. The van der Waals surface area contributed by atoms with Gasteiger partial charge in [-0.05, 0) is 55.0 Å². The number of ether oxygens (including phenoxy) is 1. The molecule has 0 spiro atoms. The average molecular weight is 421 g/mol. The predicted octanol–water partition coefficient (Wildman–Crippen LogP) is 5.63. The summed E-state index contributed by atoms with van der Waals surface area (Å²) in [5.41, 5.74) is 0.586. The number of furan rings is 1. The minimum Gasteiger partial charge on any atom is -0.486 e. The van der Waals surface area contributed by atoms with Crippen LogP contribution < -0.4 is 10.1 Å². The summed E-state index contributed by atoms with van der Waals surface area (Å²) in [5, 5.41) is 14.4. The Morgan fingerprint density at radius 2 is 1.96 bits per heavy atom. The molecule has 0 saturated heterocycles. The second kappa shape index (κ2) is 8.33. The molecular formula is C19H14Cl2N2O5. The molecule has 0 unspecified atom stereocenters. The highest BCUT2D eigenvalue weighted by atomic mass is 35.5. The van der Waals surface area contributed by atoms with Crippen molar-refractivity contribution in [3.8, 4) is 5.75 Å². The Bertz CT molecular complexity index is 1050. The number of aryl methyl sites for hydroxylation is 1. The van der Waals surface area contributed by atoms with Crippen LogP contribution in [-0.4, -0.2) is 10.8 Å². The van der Waals surface area contributed by atoms with Gasteiger partial charge in [0, 0.05) is 16.1 Å². The summed E-state index contributed by atoms with van der Waals surface area (Å²) in [6.45, 7) is 1.97. The zero-order valence-electron chi connectivity index (χ0n) is 14.6. The van der Waals surface area contributed by atoms with Gasteiger partial charge in [-0.25, -0.2) is 0 Å². The summed E-state index contributed by atoms with van der Waals surface area (Å²) in [5.74, 6) is 0.401. The van der Waals surface area contributed by atoms with Crippen molar-refractivity contribution in [3.63, 3.8) is 0 Å². The summed E-state index contributed by atoms with van der Waals surface area (Å²) < 4.78 is 11.1. The summed E-state index contributed by atoms with van der Waals surface area (Å²) >= 11 is 11.7. The van der Waals surface area contributed by atoms with Gasteiger partial charge in [0.2, 0.25) is 0 Å². The molecule has 3 aromatic rings. The maximum absolute atomic E-state index is 12.3. The van der Waals surface area contributed by atoms with E-state index in [9.17, 15) is 14.9 Å². The van der Waals surface area contributed by atoms with Gasteiger partial charge in [-0.1, -0.05) is 23.2 Å². The lowest BCUT2D eigenvalue weighted by atomic mass is 10.2. The van der Waals surface area contributed by atoms with Crippen LogP contribution in [0.2, 0.25) is 10.0 Å². The van der Waals surface area contributed by atoms with Crippen LogP contribution in [0.15, 0.2) is 52.9 Å². The molecule has 2 aromatic carbocycles. The Morgan fingerprint density at radius 1 is 1.18 bits per heavy atom. The molecule has 1 aromatic heterocycles. The molecule has 28 heavy (non-hydrogen) atoms. The average Bonchev–Trinajstić information content (AvgIpc) is 3.13. The SMILES string of the molecule is Cc1cc(OCc2ccc(C(=O)Nc3ccc(Cl)cc3[N+](=O)[O-])o2)ccc1Cl. The fourth-order valence-corrected chi connectivity index (χ4v) is 2.67. The second-order valence-electron chi connectivity index (χ2n) is 5.84. The van der Waals surface area contributed by atoms with Crippen molar-refractivity contribution >= 4 is 40.5 Å². The highest BCUT2D eigenvalue weighted by Gasteiger charge is 2.19. The maximum Gasteiger partial charge on any atom is 0.294 e. The van der Waals surface area contributed by atoms with Crippen molar-refractivity contribution in [3.05, 3.63) is 85.8 Å². The number of rotatable bonds is 6. The fourth-order valence-electron chi connectivity index (χ4n) is 2.38. The van der Waals surface area contributed by atoms with E-state index in [1.807, 2.05) is 6.92 Å². The van der Waals surface area contributed by atoms with Gasteiger partial charge < -0.3 is 14.5 Å². The molecule has 0 aliphatic rings. The number of benzene rings is 2. The van der Waals surface area contributed by atoms with Crippen molar-refractivity contribution in [1.29, 1.82) is 0 Å². The molecule has 9 heteroatoms. The van der Waals surface area contributed by atoms with Gasteiger partial charge in [-0.15, -0.1) is 0 Å². The van der Waals surface area contributed by atoms with Gasteiger partial charge in [-0.2, -0.15) is 0 Å². The summed E-state index contributed by atoms with van der Waals surface area (Å²) in [6, 6.07) is 12.3. The highest BCUT2D eigenvalue weighted by molar-refractivity contribution is 6.31. The van der Waals surface area contributed by atoms with E-state index < -0.39 is 10.8 Å². The minimum atomic E-state index is -0.628. The van der Waals surface area contributed by atoms with Crippen LogP contribution in [0.4, 0.5) is 11.4 Å². The quantitative estimate of drug-likeness (QED) is 0.411. The number of anilines is 1. The second-order valence-corrected chi connectivity index (χ2v) is 6.68. The molecule has 0 radical (unpaired) electrons. The smallest absolute Gasteiger partial charge is 0.294 e. The van der Waals surface area contributed by atoms with Crippen molar-refractivity contribution < 1.29 is 18.9 Å². The van der Waals surface area contributed by atoms with Gasteiger partial charge in [-0.3, -0.25) is 14.9 Å². The third-order valence-electron chi connectivity index (χ3n) is 3.80. The number of nitrogens with zero attached hydrogens (tertiary/aromatic N) is 1. The van der Waals surface area contributed by atoms with Crippen molar-refractivity contribution in [2.45, 2.75) is 13.5 Å². The summed E-state index contributed by atoms with van der Waals surface area (Å²) in [7, 11) is 0. The van der Waals surface area contributed by atoms with E-state index in [-0.39, 0.29) is 28.8 Å². The van der Waals surface area contributed by atoms with Crippen LogP contribution >= 0.6 is 23.2 Å². The standard InChI is InChI=1S/C19H14Cl2N2O5/c1-11-8-13(3-5-15(11)21)27-10-14-4-7-18(28-14)19(24)22-16-6-2-12(20)9-17(16)23(25)26/h2-9H,10H2,1H3,(H,22,24). The van der Waals surface area contributed by atoms with Gasteiger partial charge in [0.25, 0.3) is 11.6 Å². The van der Waals surface area contributed by atoms with Crippen molar-refractivity contribution in [2.75, 3.05) is 5.32 Å². The van der Waals surface area contributed by atoms with Gasteiger partial charge >= 0.3 is 0 Å². The van der Waals surface area contributed by atoms with Crippen LogP contribution in [0, 0.1) is 17.0 Å². The van der Waals surface area contributed by atoms with E-state index in [2.05, 4.69) is 5.32 Å². The molecule has 0 fully saturated rings. The monoisotopic (exact) mass is 420 g/mol. The number of nitrogens with one attached hydrogen (secondary N) is 1. The number of hydrogen-bond acceptors (Lipinski definition) is 5. The number of carbonyl (C=O) groups excluding carboxylic acids is 1. The van der Waals surface area contributed by atoms with E-state index >= 15 is 0 Å². The Labute approximate surface area is 170 Å². The lowest BCUT2D eigenvalue weighted by Crippen LogP contribution is -2.12. The van der Waals surface area contributed by atoms with Crippen LogP contribution in [0.5, 0.6) is 5.75 Å². The van der Waals surface area contributed by atoms with Crippen molar-refractivity contribution in [2.24, 2.45) is 0 Å². The van der Waals surface area contributed by atoms with Crippen molar-refractivity contribution in [1.82, 2.24) is 0 Å². The van der Waals surface area contributed by atoms with Crippen LogP contribution in [0.3, 0.4) is 0 Å². The molecule has 0 aliphatic carbocycles. The molecule has 1 amide bonds. The number of nitro groups is 1. The third-order valence-corrected chi connectivity index (χ3v) is 4.46. The first-order valence-corrected chi connectivity index (χ1v) is 8.82. The molecule has 1 heterocycles. The third kappa shape index (κ3) is 4.62. The van der Waals surface area contributed by atoms with Gasteiger partial charge in [0.05, 0.1) is 4.92 Å². The number of nitro benzene ring substituents is 1. The normalized spacial score (nSPS) is 10.5. The largest absolute Gasteiger partial charge is 0.486 e. The first kappa shape index (κ1) is 19.7. The summed E-state index contributed by atoms with van der Waals surface area (Å²) in [4.78, 5) is 22.8. The van der Waals surface area contributed by atoms with E-state index in [4.69, 9.17) is 32.4 Å². The van der Waals surface area contributed by atoms with Gasteiger partial charge in [0.15, 0.2) is 5.76 Å². The van der Waals surface area contributed by atoms with Crippen LogP contribution in [0.1, 0.15) is 21.9 Å². The Kier molecular flexibility index (Phi) is 5.87. The molecular weight excluding hydrogens is 407 g/mol. The number of carbonyl (C=O) groups is 1. The first-order chi connectivity index (χ1) is 13.3. The molecule has 3 rings (SSSR count). The molecule has 0 bridgehead atoms. The molecule has 0 atom stereocenters. The fraction of sp³-hybridized carbons (Fsp3) is 0.105. The van der Waals surface area contributed by atoms with E-state index in [0.717, 1.165) is 11.6 Å². The zero-order chi connectivity index (χ0) is 20.3. The minimum absolute atomic E-state index is 0.00450. The lowest BCUT2D eigenvalue weighted by molar-refractivity contribution is -0.383. The highest BCUT2D eigenvalue weighted by Crippen LogP contribution is 2.28. The zero-order valence-corrected chi connectivity index (χ0v) is 16.1. The van der Waals surface area contributed by atoms with E-state index in [1.165, 1.54) is 18.2 Å².